The molecule has 2 nitrogen and oxygen atoms in total. The molecule has 0 aliphatic carbocycles. The standard InChI is InChI=1S/C14H11BrF4N2/c15-8-4-5-9(21-7-8)6-12(20)10-2-1-3-11(13(10)16)14(17,18)19/h1-5,7,12H,6,20H2. The molecular weight excluding hydrogens is 352 g/mol. The van der Waals surface area contributed by atoms with Gasteiger partial charge in [-0.05, 0) is 34.1 Å². The highest BCUT2D eigenvalue weighted by atomic mass is 79.9. The van der Waals surface area contributed by atoms with Gasteiger partial charge in [-0.25, -0.2) is 4.39 Å². The van der Waals surface area contributed by atoms with Crippen LogP contribution in [0.2, 0.25) is 0 Å². The third-order valence-corrected chi connectivity index (χ3v) is 3.42. The van der Waals surface area contributed by atoms with E-state index < -0.39 is 23.6 Å². The second kappa shape index (κ2) is 6.11. The molecule has 2 aromatic rings. The molecule has 7 heteroatoms. The maximum Gasteiger partial charge on any atom is 0.419 e. The van der Waals surface area contributed by atoms with Crippen LogP contribution < -0.4 is 5.73 Å². The second-order valence-electron chi connectivity index (χ2n) is 4.48. The Balaban J connectivity index is 2.27. The lowest BCUT2D eigenvalue weighted by molar-refractivity contribution is -0.140. The summed E-state index contributed by atoms with van der Waals surface area (Å²) in [4.78, 5) is 4.07. The highest BCUT2D eigenvalue weighted by molar-refractivity contribution is 9.10. The van der Waals surface area contributed by atoms with Gasteiger partial charge < -0.3 is 5.73 Å². The number of rotatable bonds is 3. The molecule has 1 aromatic heterocycles. The van der Waals surface area contributed by atoms with Crippen LogP contribution in [0.4, 0.5) is 17.6 Å². The molecule has 0 amide bonds. The summed E-state index contributed by atoms with van der Waals surface area (Å²) in [6.45, 7) is 0. The normalized spacial score (nSPS) is 13.2. The minimum Gasteiger partial charge on any atom is -0.324 e. The number of nitrogens with two attached hydrogens (primary N) is 1. The first-order valence-corrected chi connectivity index (χ1v) is 6.80. The molecule has 0 aliphatic heterocycles. The largest absolute Gasteiger partial charge is 0.419 e. The van der Waals surface area contributed by atoms with Crippen molar-refractivity contribution in [3.8, 4) is 0 Å². The molecule has 1 heterocycles. The van der Waals surface area contributed by atoms with Crippen LogP contribution in [-0.2, 0) is 12.6 Å². The van der Waals surface area contributed by atoms with Crippen molar-refractivity contribution in [2.24, 2.45) is 5.73 Å². The third kappa shape index (κ3) is 3.79. The Bertz CT molecular complexity index is 626. The summed E-state index contributed by atoms with van der Waals surface area (Å²) >= 11 is 3.22. The summed E-state index contributed by atoms with van der Waals surface area (Å²) < 4.78 is 52.7. The van der Waals surface area contributed by atoms with Gasteiger partial charge in [0, 0.05) is 34.4 Å². The average Bonchev–Trinajstić information content (AvgIpc) is 2.40. The van der Waals surface area contributed by atoms with Gasteiger partial charge in [0.05, 0.1) is 5.56 Å². The summed E-state index contributed by atoms with van der Waals surface area (Å²) in [6, 6.07) is 5.61. The van der Waals surface area contributed by atoms with Gasteiger partial charge in [0.2, 0.25) is 0 Å². The quantitative estimate of drug-likeness (QED) is 0.829. The molecule has 1 unspecified atom stereocenters. The zero-order valence-electron chi connectivity index (χ0n) is 10.7. The summed E-state index contributed by atoms with van der Waals surface area (Å²) in [5, 5.41) is 0. The molecule has 0 spiro atoms. The van der Waals surface area contributed by atoms with Gasteiger partial charge in [0.15, 0.2) is 0 Å². The van der Waals surface area contributed by atoms with Crippen LogP contribution in [0.25, 0.3) is 0 Å². The minimum absolute atomic E-state index is 0.144. The van der Waals surface area contributed by atoms with Crippen molar-refractivity contribution >= 4 is 15.9 Å². The minimum atomic E-state index is -4.74. The highest BCUT2D eigenvalue weighted by Gasteiger charge is 2.35. The molecule has 0 saturated carbocycles. The van der Waals surface area contributed by atoms with Crippen molar-refractivity contribution in [3.05, 3.63) is 63.6 Å². The Kier molecular flexibility index (Phi) is 4.63. The van der Waals surface area contributed by atoms with Crippen LogP contribution in [0.1, 0.15) is 22.9 Å². The monoisotopic (exact) mass is 362 g/mol. The summed E-state index contributed by atoms with van der Waals surface area (Å²) in [7, 11) is 0. The zero-order valence-corrected chi connectivity index (χ0v) is 12.2. The summed E-state index contributed by atoms with van der Waals surface area (Å²) in [5.74, 6) is -1.32. The van der Waals surface area contributed by atoms with Crippen LogP contribution in [0.15, 0.2) is 41.0 Å². The number of nitrogens with zero attached hydrogens (tertiary/aromatic N) is 1. The number of hydrogen-bond acceptors (Lipinski definition) is 2. The van der Waals surface area contributed by atoms with E-state index in [0.29, 0.717) is 11.8 Å². The lowest BCUT2D eigenvalue weighted by atomic mass is 9.99. The van der Waals surface area contributed by atoms with E-state index in [1.807, 2.05) is 0 Å². The molecule has 112 valence electrons. The predicted molar refractivity (Wildman–Crippen MR) is 74.0 cm³/mol. The zero-order chi connectivity index (χ0) is 15.6. The SMILES string of the molecule is NC(Cc1ccc(Br)cn1)c1cccc(C(F)(F)F)c1F. The molecule has 0 saturated heterocycles. The molecule has 1 aromatic carbocycles. The van der Waals surface area contributed by atoms with E-state index in [9.17, 15) is 17.6 Å². The molecular formula is C14H11BrF4N2. The van der Waals surface area contributed by atoms with Crippen LogP contribution in [0.3, 0.4) is 0 Å². The smallest absolute Gasteiger partial charge is 0.324 e. The Morgan fingerprint density at radius 3 is 2.48 bits per heavy atom. The molecule has 0 bridgehead atoms. The van der Waals surface area contributed by atoms with E-state index in [1.165, 1.54) is 6.07 Å². The number of hydrogen-bond donors (Lipinski definition) is 1. The number of pyridine rings is 1. The molecule has 0 radical (unpaired) electrons. The molecule has 0 fully saturated rings. The molecule has 21 heavy (non-hydrogen) atoms. The van der Waals surface area contributed by atoms with E-state index in [1.54, 1.807) is 18.3 Å². The van der Waals surface area contributed by atoms with Gasteiger partial charge in [-0.2, -0.15) is 13.2 Å². The van der Waals surface area contributed by atoms with Crippen LogP contribution in [-0.4, -0.2) is 4.98 Å². The molecule has 1 atom stereocenters. The van der Waals surface area contributed by atoms with Crippen molar-refractivity contribution < 1.29 is 17.6 Å². The van der Waals surface area contributed by atoms with Crippen molar-refractivity contribution in [2.45, 2.75) is 18.6 Å². The van der Waals surface area contributed by atoms with Gasteiger partial charge in [-0.1, -0.05) is 12.1 Å². The Labute approximate surface area is 127 Å². The van der Waals surface area contributed by atoms with E-state index in [2.05, 4.69) is 20.9 Å². The van der Waals surface area contributed by atoms with E-state index >= 15 is 0 Å². The first-order valence-electron chi connectivity index (χ1n) is 6.00. The Morgan fingerprint density at radius 2 is 1.90 bits per heavy atom. The number of alkyl halides is 3. The van der Waals surface area contributed by atoms with E-state index in [4.69, 9.17) is 5.73 Å². The van der Waals surface area contributed by atoms with Crippen molar-refractivity contribution in [1.29, 1.82) is 0 Å². The van der Waals surface area contributed by atoms with Crippen molar-refractivity contribution in [3.63, 3.8) is 0 Å². The van der Waals surface area contributed by atoms with Crippen LogP contribution >= 0.6 is 15.9 Å². The predicted octanol–water partition coefficient (Wildman–Crippen LogP) is 4.24. The topological polar surface area (TPSA) is 38.9 Å². The third-order valence-electron chi connectivity index (χ3n) is 2.95. The average molecular weight is 363 g/mol. The van der Waals surface area contributed by atoms with Crippen molar-refractivity contribution in [2.75, 3.05) is 0 Å². The number of benzene rings is 1. The van der Waals surface area contributed by atoms with Gasteiger partial charge in [0.25, 0.3) is 0 Å². The van der Waals surface area contributed by atoms with Crippen LogP contribution in [0.5, 0.6) is 0 Å². The van der Waals surface area contributed by atoms with Gasteiger partial charge in [-0.3, -0.25) is 4.98 Å². The van der Waals surface area contributed by atoms with E-state index in [0.717, 1.165) is 10.5 Å². The van der Waals surface area contributed by atoms with Crippen LogP contribution in [0, 0.1) is 5.82 Å². The van der Waals surface area contributed by atoms with Gasteiger partial charge in [0.1, 0.15) is 5.82 Å². The fourth-order valence-corrected chi connectivity index (χ4v) is 2.15. The fraction of sp³-hybridized carbons (Fsp3) is 0.214. The van der Waals surface area contributed by atoms with Crippen molar-refractivity contribution in [1.82, 2.24) is 4.98 Å². The Morgan fingerprint density at radius 1 is 1.19 bits per heavy atom. The molecule has 2 N–H and O–H groups in total. The maximum absolute atomic E-state index is 14.0. The fourth-order valence-electron chi connectivity index (χ4n) is 1.92. The first-order chi connectivity index (χ1) is 9.79. The lowest BCUT2D eigenvalue weighted by Gasteiger charge is -2.16. The van der Waals surface area contributed by atoms with Gasteiger partial charge in [-0.15, -0.1) is 0 Å². The highest BCUT2D eigenvalue weighted by Crippen LogP contribution is 2.34. The maximum atomic E-state index is 14.0. The van der Waals surface area contributed by atoms with Gasteiger partial charge >= 0.3 is 6.18 Å². The lowest BCUT2D eigenvalue weighted by Crippen LogP contribution is -2.18. The molecule has 2 rings (SSSR count). The Hall–Kier alpha value is -1.47. The molecule has 0 aliphatic rings. The number of halogens is 5. The first kappa shape index (κ1) is 15.9. The number of aromatic nitrogens is 1. The summed E-state index contributed by atoms with van der Waals surface area (Å²) in [6.07, 6.45) is -3.05. The van der Waals surface area contributed by atoms with E-state index in [-0.39, 0.29) is 12.0 Å². The summed E-state index contributed by atoms with van der Waals surface area (Å²) in [5.41, 5.74) is 4.91. The second-order valence-corrected chi connectivity index (χ2v) is 5.40.